The molecule has 1 aromatic carbocycles. The number of hydrogen-bond donors (Lipinski definition) is 2. The Kier molecular flexibility index (Phi) is 6.40. The number of hydrogen-bond acceptors (Lipinski definition) is 5. The molecule has 1 heterocycles. The molecule has 0 spiro atoms. The summed E-state index contributed by atoms with van der Waals surface area (Å²) in [5.41, 5.74) is 0.417. The van der Waals surface area contributed by atoms with Crippen molar-refractivity contribution >= 4 is 21.7 Å². The van der Waals surface area contributed by atoms with Crippen molar-refractivity contribution in [3.63, 3.8) is 0 Å². The monoisotopic (exact) mass is 424 g/mol. The van der Waals surface area contributed by atoms with E-state index < -0.39 is 10.0 Å². The molecule has 2 aliphatic rings. The van der Waals surface area contributed by atoms with E-state index in [1.165, 1.54) is 19.2 Å². The van der Waals surface area contributed by atoms with E-state index in [0.29, 0.717) is 24.5 Å². The lowest BCUT2D eigenvalue weighted by molar-refractivity contribution is 0.142. The van der Waals surface area contributed by atoms with Crippen molar-refractivity contribution in [3.05, 3.63) is 18.2 Å². The zero-order valence-electron chi connectivity index (χ0n) is 17.7. The van der Waals surface area contributed by atoms with Crippen LogP contribution < -0.4 is 14.8 Å². The predicted octanol–water partition coefficient (Wildman–Crippen LogP) is 2.47. The summed E-state index contributed by atoms with van der Waals surface area (Å²) in [5.74, 6) is 0.426. The minimum atomic E-state index is -3.61. The molecule has 0 radical (unpaired) electrons. The fraction of sp³-hybridized carbons (Fsp3) is 0.650. The summed E-state index contributed by atoms with van der Waals surface area (Å²) in [5, 5.41) is 2.85. The summed E-state index contributed by atoms with van der Waals surface area (Å²) in [4.78, 5) is 17.1. The maximum absolute atomic E-state index is 12.9. The van der Waals surface area contributed by atoms with Crippen molar-refractivity contribution < 1.29 is 17.9 Å². The van der Waals surface area contributed by atoms with Gasteiger partial charge in [-0.3, -0.25) is 4.90 Å². The molecule has 2 N–H and O–H groups in total. The highest BCUT2D eigenvalue weighted by atomic mass is 32.2. The molecular weight excluding hydrogens is 392 g/mol. The van der Waals surface area contributed by atoms with Gasteiger partial charge in [-0.25, -0.2) is 17.9 Å². The molecule has 29 heavy (non-hydrogen) atoms. The van der Waals surface area contributed by atoms with Crippen LogP contribution in [-0.2, 0) is 10.0 Å². The molecule has 8 nitrogen and oxygen atoms in total. The highest BCUT2D eigenvalue weighted by Crippen LogP contribution is 2.29. The van der Waals surface area contributed by atoms with Crippen molar-refractivity contribution in [1.29, 1.82) is 0 Å². The first-order valence-corrected chi connectivity index (χ1v) is 11.6. The van der Waals surface area contributed by atoms with Crippen molar-refractivity contribution in [1.82, 2.24) is 14.5 Å². The molecular formula is C20H32N4O4S. The van der Waals surface area contributed by atoms with Gasteiger partial charge in [0.25, 0.3) is 0 Å². The number of carbonyl (C=O) groups is 1. The topological polar surface area (TPSA) is 91.0 Å². The average Bonchev–Trinajstić information content (AvgIpc) is 3.46. The second-order valence-electron chi connectivity index (χ2n) is 8.69. The van der Waals surface area contributed by atoms with Gasteiger partial charge in [-0.2, -0.15) is 0 Å². The molecule has 3 rings (SSSR count). The van der Waals surface area contributed by atoms with E-state index in [-0.39, 0.29) is 22.5 Å². The maximum Gasteiger partial charge on any atom is 0.321 e. The van der Waals surface area contributed by atoms with Crippen molar-refractivity contribution in [2.24, 2.45) is 0 Å². The van der Waals surface area contributed by atoms with Crippen LogP contribution >= 0.6 is 0 Å². The fourth-order valence-electron chi connectivity index (χ4n) is 3.43. The molecule has 2 amide bonds. The second kappa shape index (κ2) is 8.49. The summed E-state index contributed by atoms with van der Waals surface area (Å²) in [6, 6.07) is 4.29. The number of ether oxygens (including phenoxy) is 1. The number of benzene rings is 1. The van der Waals surface area contributed by atoms with Gasteiger partial charge in [-0.1, -0.05) is 0 Å². The second-order valence-corrected chi connectivity index (χ2v) is 10.4. The van der Waals surface area contributed by atoms with Crippen LogP contribution in [0, 0.1) is 0 Å². The van der Waals surface area contributed by atoms with Crippen LogP contribution in [0.5, 0.6) is 5.75 Å². The summed E-state index contributed by atoms with van der Waals surface area (Å²) in [6.07, 6.45) is 2.61. The van der Waals surface area contributed by atoms with Gasteiger partial charge in [0.2, 0.25) is 10.0 Å². The Morgan fingerprint density at radius 2 is 1.86 bits per heavy atom. The molecule has 162 valence electrons. The minimum absolute atomic E-state index is 0.0167. The van der Waals surface area contributed by atoms with Crippen LogP contribution in [0.15, 0.2) is 23.1 Å². The number of urea groups is 1. The zero-order chi connectivity index (χ0) is 21.2. The smallest absolute Gasteiger partial charge is 0.321 e. The number of nitrogens with zero attached hydrogens (tertiary/aromatic N) is 2. The summed E-state index contributed by atoms with van der Waals surface area (Å²) < 4.78 is 33.0. The van der Waals surface area contributed by atoms with Gasteiger partial charge in [0.1, 0.15) is 5.75 Å². The first-order valence-electron chi connectivity index (χ1n) is 10.1. The van der Waals surface area contributed by atoms with Crippen LogP contribution in [0.2, 0.25) is 0 Å². The van der Waals surface area contributed by atoms with Gasteiger partial charge >= 0.3 is 6.03 Å². The van der Waals surface area contributed by atoms with Crippen molar-refractivity contribution in [2.75, 3.05) is 38.6 Å². The van der Waals surface area contributed by atoms with E-state index in [2.05, 4.69) is 35.7 Å². The number of carbonyl (C=O) groups excluding carboxylic acids is 1. The molecule has 0 bridgehead atoms. The molecule has 9 heteroatoms. The normalized spacial score (nSPS) is 19.0. The molecule has 1 aliphatic carbocycles. The van der Waals surface area contributed by atoms with Crippen LogP contribution in [0.3, 0.4) is 0 Å². The summed E-state index contributed by atoms with van der Waals surface area (Å²) in [7, 11) is -2.12. The first-order chi connectivity index (χ1) is 13.6. The van der Waals surface area contributed by atoms with Gasteiger partial charge in [-0.15, -0.1) is 0 Å². The van der Waals surface area contributed by atoms with Gasteiger partial charge in [-0.05, 0) is 58.2 Å². The SMILES string of the molecule is COc1ccc(S(=O)(=O)NC2CC2)cc1NC(=O)N1CCCN(C(C)(C)C)CC1. The molecule has 1 aromatic rings. The largest absolute Gasteiger partial charge is 0.495 e. The van der Waals surface area contributed by atoms with Gasteiger partial charge < -0.3 is 15.0 Å². The molecule has 0 atom stereocenters. The Morgan fingerprint density at radius 3 is 2.48 bits per heavy atom. The van der Waals surface area contributed by atoms with E-state index in [0.717, 1.165) is 32.4 Å². The average molecular weight is 425 g/mol. The minimum Gasteiger partial charge on any atom is -0.495 e. The third kappa shape index (κ3) is 5.61. The van der Waals surface area contributed by atoms with Gasteiger partial charge in [0, 0.05) is 37.8 Å². The Hall–Kier alpha value is -1.84. The predicted molar refractivity (Wildman–Crippen MR) is 113 cm³/mol. The Balaban J connectivity index is 1.72. The number of anilines is 1. The third-order valence-electron chi connectivity index (χ3n) is 5.35. The molecule has 0 unspecified atom stereocenters. The van der Waals surface area contributed by atoms with E-state index in [4.69, 9.17) is 4.74 Å². The number of amides is 2. The number of sulfonamides is 1. The van der Waals surface area contributed by atoms with Gasteiger partial charge in [0.05, 0.1) is 17.7 Å². The highest BCUT2D eigenvalue weighted by molar-refractivity contribution is 7.89. The van der Waals surface area contributed by atoms with Crippen LogP contribution in [-0.4, -0.2) is 69.1 Å². The standard InChI is InChI=1S/C20H32N4O4S/c1-20(2,3)24-11-5-10-23(12-13-24)19(25)21-17-14-16(8-9-18(17)28-4)29(26,27)22-15-6-7-15/h8-9,14-15,22H,5-7,10-13H2,1-4H3,(H,21,25). The fourth-order valence-corrected chi connectivity index (χ4v) is 4.76. The lowest BCUT2D eigenvalue weighted by Gasteiger charge is -2.34. The van der Waals surface area contributed by atoms with E-state index in [1.807, 2.05) is 0 Å². The van der Waals surface area contributed by atoms with Crippen LogP contribution in [0.25, 0.3) is 0 Å². The summed E-state index contributed by atoms with van der Waals surface area (Å²) >= 11 is 0. The number of nitrogens with one attached hydrogen (secondary N) is 2. The summed E-state index contributed by atoms with van der Waals surface area (Å²) in [6.45, 7) is 9.54. The first kappa shape index (κ1) is 21.9. The maximum atomic E-state index is 12.9. The third-order valence-corrected chi connectivity index (χ3v) is 6.87. The Labute approximate surface area is 173 Å². The lowest BCUT2D eigenvalue weighted by Crippen LogP contribution is -2.44. The van der Waals surface area contributed by atoms with E-state index >= 15 is 0 Å². The van der Waals surface area contributed by atoms with Crippen LogP contribution in [0.1, 0.15) is 40.0 Å². The molecule has 1 saturated carbocycles. The highest BCUT2D eigenvalue weighted by Gasteiger charge is 2.29. The molecule has 1 saturated heterocycles. The number of rotatable bonds is 5. The van der Waals surface area contributed by atoms with E-state index in [1.54, 1.807) is 11.0 Å². The van der Waals surface area contributed by atoms with Crippen molar-refractivity contribution in [3.8, 4) is 5.75 Å². The Morgan fingerprint density at radius 1 is 1.14 bits per heavy atom. The lowest BCUT2D eigenvalue weighted by atomic mass is 10.1. The van der Waals surface area contributed by atoms with Crippen molar-refractivity contribution in [2.45, 2.75) is 56.5 Å². The molecule has 1 aliphatic heterocycles. The molecule has 2 fully saturated rings. The number of methoxy groups -OCH3 is 1. The zero-order valence-corrected chi connectivity index (χ0v) is 18.5. The van der Waals surface area contributed by atoms with Gasteiger partial charge in [0.15, 0.2) is 0 Å². The molecule has 0 aromatic heterocycles. The quantitative estimate of drug-likeness (QED) is 0.758. The van der Waals surface area contributed by atoms with E-state index in [9.17, 15) is 13.2 Å². The van der Waals surface area contributed by atoms with Crippen LogP contribution in [0.4, 0.5) is 10.5 Å². The Bertz CT molecular complexity index is 847.